The maximum Gasteiger partial charge on any atom is 0.305 e. The zero-order valence-electron chi connectivity index (χ0n) is 11.6. The molecule has 8 nitrogen and oxygen atoms in total. The summed E-state index contributed by atoms with van der Waals surface area (Å²) >= 11 is 0. The average molecular weight is 315 g/mol. The van der Waals surface area contributed by atoms with Crippen LogP contribution in [0.4, 0.5) is 5.69 Å². The molecule has 21 heavy (non-hydrogen) atoms. The summed E-state index contributed by atoms with van der Waals surface area (Å²) in [7, 11) is -0.711. The molecule has 1 atom stereocenters. The largest absolute Gasteiger partial charge is 0.481 e. The number of hydrogen-bond donors (Lipinski definition) is 3. The number of carboxylic acid groups (broad SMARTS) is 1. The molecule has 0 saturated carbocycles. The average Bonchev–Trinajstić information content (AvgIpc) is 2.38. The van der Waals surface area contributed by atoms with Gasteiger partial charge in [-0.3, -0.25) is 9.59 Å². The predicted molar refractivity (Wildman–Crippen MR) is 76.2 cm³/mol. The van der Waals surface area contributed by atoms with Crippen LogP contribution in [0.25, 0.3) is 0 Å². The number of nitrogens with one attached hydrogen (secondary N) is 1. The first-order valence-electron chi connectivity index (χ1n) is 5.95. The van der Waals surface area contributed by atoms with E-state index in [0.717, 1.165) is 4.31 Å². The number of nitrogens with zero attached hydrogens (tertiary/aromatic N) is 1. The summed E-state index contributed by atoms with van der Waals surface area (Å²) in [6.07, 6.45) is -0.487. The third-order valence-corrected chi connectivity index (χ3v) is 4.46. The molecule has 0 aliphatic carbocycles. The molecule has 0 heterocycles. The zero-order valence-corrected chi connectivity index (χ0v) is 12.4. The quantitative estimate of drug-likeness (QED) is 0.659. The first-order valence-corrected chi connectivity index (χ1v) is 7.39. The Morgan fingerprint density at radius 3 is 2.24 bits per heavy atom. The van der Waals surface area contributed by atoms with E-state index >= 15 is 0 Å². The van der Waals surface area contributed by atoms with E-state index in [1.54, 1.807) is 0 Å². The van der Waals surface area contributed by atoms with Crippen molar-refractivity contribution in [1.29, 1.82) is 0 Å². The summed E-state index contributed by atoms with van der Waals surface area (Å²) in [6, 6.07) is 4.32. The molecule has 1 unspecified atom stereocenters. The highest BCUT2D eigenvalue weighted by atomic mass is 32.2. The lowest BCUT2D eigenvalue weighted by atomic mass is 10.2. The summed E-state index contributed by atoms with van der Waals surface area (Å²) in [4.78, 5) is 22.1. The van der Waals surface area contributed by atoms with Crippen LogP contribution in [0.3, 0.4) is 0 Å². The van der Waals surface area contributed by atoms with Crippen molar-refractivity contribution < 1.29 is 23.1 Å². The van der Waals surface area contributed by atoms with Crippen LogP contribution in [0, 0.1) is 0 Å². The number of anilines is 1. The third kappa shape index (κ3) is 4.52. The fraction of sp³-hybridized carbons (Fsp3) is 0.333. The van der Waals surface area contributed by atoms with Gasteiger partial charge in [-0.15, -0.1) is 0 Å². The first-order chi connectivity index (χ1) is 9.64. The smallest absolute Gasteiger partial charge is 0.305 e. The third-order valence-electron chi connectivity index (χ3n) is 2.63. The molecule has 1 rings (SSSR count). The minimum Gasteiger partial charge on any atom is -0.481 e. The van der Waals surface area contributed by atoms with Gasteiger partial charge in [-0.25, -0.2) is 12.7 Å². The Kier molecular flexibility index (Phi) is 5.41. The second-order valence-electron chi connectivity index (χ2n) is 4.51. The van der Waals surface area contributed by atoms with Gasteiger partial charge in [0.1, 0.15) is 0 Å². The van der Waals surface area contributed by atoms with Crippen molar-refractivity contribution in [3.05, 3.63) is 24.3 Å². The van der Waals surface area contributed by atoms with Crippen molar-refractivity contribution in [2.45, 2.75) is 17.4 Å². The van der Waals surface area contributed by atoms with Gasteiger partial charge in [0.25, 0.3) is 0 Å². The van der Waals surface area contributed by atoms with Gasteiger partial charge in [0.05, 0.1) is 17.4 Å². The fourth-order valence-electron chi connectivity index (χ4n) is 1.44. The molecule has 0 aliphatic heterocycles. The molecule has 0 radical (unpaired) electrons. The van der Waals surface area contributed by atoms with Crippen LogP contribution in [0.5, 0.6) is 0 Å². The molecule has 116 valence electrons. The van der Waals surface area contributed by atoms with Crippen LogP contribution < -0.4 is 11.1 Å². The summed E-state index contributed by atoms with van der Waals surface area (Å²) in [6.45, 7) is 0. The number of hydrogen-bond acceptors (Lipinski definition) is 5. The van der Waals surface area contributed by atoms with E-state index in [0.29, 0.717) is 5.69 Å². The van der Waals surface area contributed by atoms with Crippen LogP contribution in [0.1, 0.15) is 6.42 Å². The molecule has 0 fully saturated rings. The molecule has 0 aromatic heterocycles. The predicted octanol–water partition coefficient (Wildman–Crippen LogP) is -0.323. The van der Waals surface area contributed by atoms with Gasteiger partial charge in [0.15, 0.2) is 0 Å². The molecule has 0 saturated heterocycles. The maximum absolute atomic E-state index is 11.8. The highest BCUT2D eigenvalue weighted by molar-refractivity contribution is 7.89. The second kappa shape index (κ2) is 6.66. The normalized spacial score (nSPS) is 13.0. The molecular formula is C12H17N3O5S. The van der Waals surface area contributed by atoms with E-state index in [9.17, 15) is 18.0 Å². The van der Waals surface area contributed by atoms with Crippen LogP contribution >= 0.6 is 0 Å². The van der Waals surface area contributed by atoms with Crippen molar-refractivity contribution in [3.8, 4) is 0 Å². The van der Waals surface area contributed by atoms with Crippen molar-refractivity contribution in [2.75, 3.05) is 19.4 Å². The number of nitrogens with two attached hydrogens (primary N) is 1. The number of carboxylic acids is 1. The standard InChI is InChI=1S/C12H17N3O5S/c1-15(2)21(19,20)9-5-3-8(4-6-9)14-12(18)10(13)7-11(16)17/h3-6,10H,7,13H2,1-2H3,(H,14,18)(H,16,17). The summed E-state index contributed by atoms with van der Waals surface area (Å²) in [5.74, 6) is -1.83. The topological polar surface area (TPSA) is 130 Å². The molecular weight excluding hydrogens is 298 g/mol. The van der Waals surface area contributed by atoms with E-state index in [-0.39, 0.29) is 4.90 Å². The van der Waals surface area contributed by atoms with Crippen LogP contribution in [-0.2, 0) is 19.6 Å². The Bertz CT molecular complexity index is 625. The van der Waals surface area contributed by atoms with E-state index < -0.39 is 34.4 Å². The molecule has 4 N–H and O–H groups in total. The second-order valence-corrected chi connectivity index (χ2v) is 6.66. The molecule has 1 aromatic rings. The van der Waals surface area contributed by atoms with Gasteiger partial charge >= 0.3 is 5.97 Å². The van der Waals surface area contributed by atoms with Gasteiger partial charge in [0, 0.05) is 19.8 Å². The van der Waals surface area contributed by atoms with E-state index in [1.807, 2.05) is 0 Å². The minimum atomic E-state index is -3.54. The van der Waals surface area contributed by atoms with Crippen LogP contribution in [0.15, 0.2) is 29.2 Å². The Balaban J connectivity index is 2.80. The van der Waals surface area contributed by atoms with Gasteiger partial charge < -0.3 is 16.2 Å². The fourth-order valence-corrected chi connectivity index (χ4v) is 2.34. The Morgan fingerprint density at radius 2 is 1.81 bits per heavy atom. The maximum atomic E-state index is 11.8. The van der Waals surface area contributed by atoms with Gasteiger partial charge in [-0.05, 0) is 24.3 Å². The van der Waals surface area contributed by atoms with Crippen molar-refractivity contribution in [2.24, 2.45) is 5.73 Å². The van der Waals surface area contributed by atoms with E-state index in [4.69, 9.17) is 10.8 Å². The lowest BCUT2D eigenvalue weighted by Gasteiger charge is -2.13. The van der Waals surface area contributed by atoms with Crippen LogP contribution in [0.2, 0.25) is 0 Å². The van der Waals surface area contributed by atoms with Gasteiger partial charge in [0.2, 0.25) is 15.9 Å². The Hall–Kier alpha value is -1.97. The molecule has 1 amide bonds. The monoisotopic (exact) mass is 315 g/mol. The number of benzene rings is 1. The minimum absolute atomic E-state index is 0.0836. The van der Waals surface area contributed by atoms with Crippen molar-refractivity contribution in [1.82, 2.24) is 4.31 Å². The summed E-state index contributed by atoms with van der Waals surface area (Å²) in [5, 5.41) is 11.0. The summed E-state index contributed by atoms with van der Waals surface area (Å²) in [5.41, 5.74) is 5.74. The Labute approximate surface area is 122 Å². The molecule has 0 aliphatic rings. The van der Waals surface area contributed by atoms with E-state index in [1.165, 1.54) is 38.4 Å². The number of carbonyl (C=O) groups excluding carboxylic acids is 1. The first kappa shape index (κ1) is 17.1. The number of rotatable bonds is 6. The lowest BCUT2D eigenvalue weighted by molar-refractivity contribution is -0.138. The number of sulfonamides is 1. The van der Waals surface area contributed by atoms with Gasteiger partial charge in [-0.2, -0.15) is 0 Å². The van der Waals surface area contributed by atoms with Gasteiger partial charge in [-0.1, -0.05) is 0 Å². The molecule has 0 spiro atoms. The highest BCUT2D eigenvalue weighted by Crippen LogP contribution is 2.16. The molecule has 1 aromatic carbocycles. The van der Waals surface area contributed by atoms with Crippen molar-refractivity contribution in [3.63, 3.8) is 0 Å². The SMILES string of the molecule is CN(C)S(=O)(=O)c1ccc(NC(=O)C(N)CC(=O)O)cc1. The summed E-state index contributed by atoms with van der Waals surface area (Å²) < 4.78 is 24.8. The Morgan fingerprint density at radius 1 is 1.29 bits per heavy atom. The zero-order chi connectivity index (χ0) is 16.2. The van der Waals surface area contributed by atoms with Crippen LogP contribution in [-0.4, -0.2) is 49.8 Å². The number of amides is 1. The lowest BCUT2D eigenvalue weighted by Crippen LogP contribution is -2.37. The van der Waals surface area contributed by atoms with E-state index in [2.05, 4.69) is 5.32 Å². The molecule has 0 bridgehead atoms. The molecule has 9 heteroatoms. The number of aliphatic carboxylic acids is 1. The number of carbonyl (C=O) groups is 2. The highest BCUT2D eigenvalue weighted by Gasteiger charge is 2.19. The van der Waals surface area contributed by atoms with Crippen molar-refractivity contribution >= 4 is 27.6 Å².